The molecule has 0 spiro atoms. The quantitative estimate of drug-likeness (QED) is 0.463. The maximum absolute atomic E-state index is 12.4. The highest BCUT2D eigenvalue weighted by Gasteiger charge is 2.48. The number of nitrogens with zero attached hydrogens (tertiary/aromatic N) is 2. The van der Waals surface area contributed by atoms with Crippen LogP contribution in [0.4, 0.5) is 4.79 Å². The van der Waals surface area contributed by atoms with Gasteiger partial charge in [0.05, 0.1) is 12.1 Å². The van der Waals surface area contributed by atoms with Crippen molar-refractivity contribution in [2.45, 2.75) is 56.7 Å². The molecule has 4 rings (SSSR count). The molecule has 0 aromatic rings. The van der Waals surface area contributed by atoms with Crippen LogP contribution in [-0.4, -0.2) is 46.6 Å². The van der Waals surface area contributed by atoms with Crippen molar-refractivity contribution < 1.29 is 18.7 Å². The number of urea groups is 1. The van der Waals surface area contributed by atoms with E-state index in [0.717, 1.165) is 18.8 Å². The van der Waals surface area contributed by atoms with E-state index < -0.39 is 6.04 Å². The average molecular weight is 327 g/mol. The minimum Gasteiger partial charge on any atom is -0.309 e. The third kappa shape index (κ3) is 2.28. The molecule has 4 aliphatic rings. The number of carbonyl (C=O) groups is 2. The molecule has 3 amide bonds. The van der Waals surface area contributed by atoms with Crippen molar-refractivity contribution in [2.24, 2.45) is 11.8 Å². The molecule has 3 unspecified atom stereocenters. The number of thiol groups is 1. The van der Waals surface area contributed by atoms with Crippen LogP contribution in [0, 0.1) is 11.8 Å². The first-order chi connectivity index (χ1) is 10.7. The van der Waals surface area contributed by atoms with Crippen LogP contribution in [0.1, 0.15) is 38.5 Å². The van der Waals surface area contributed by atoms with Crippen LogP contribution >= 0.6 is 12.9 Å². The molecule has 4 fully saturated rings. The fourth-order valence-electron chi connectivity index (χ4n) is 4.54. The summed E-state index contributed by atoms with van der Waals surface area (Å²) >= 11 is 3.72. The Hall–Kier alpha value is -0.990. The summed E-state index contributed by atoms with van der Waals surface area (Å²) < 4.78 is 4.81. The summed E-state index contributed by atoms with van der Waals surface area (Å²) in [6.07, 6.45) is 6.27. The molecule has 0 aromatic carbocycles. The number of hydrogen-bond donors (Lipinski definition) is 2. The fourth-order valence-corrected chi connectivity index (χ4v) is 4.75. The lowest BCUT2D eigenvalue weighted by atomic mass is 9.98. The van der Waals surface area contributed by atoms with Gasteiger partial charge in [0, 0.05) is 19.5 Å². The highest BCUT2D eigenvalue weighted by atomic mass is 32.1. The molecule has 7 nitrogen and oxygen atoms in total. The lowest BCUT2D eigenvalue weighted by Gasteiger charge is -2.30. The van der Waals surface area contributed by atoms with Crippen LogP contribution < -0.4 is 5.48 Å². The number of piperidine rings is 1. The van der Waals surface area contributed by atoms with Crippen LogP contribution in [0.3, 0.4) is 0 Å². The van der Waals surface area contributed by atoms with E-state index in [2.05, 4.69) is 18.4 Å². The molecule has 5 atom stereocenters. The van der Waals surface area contributed by atoms with Crippen molar-refractivity contribution in [2.75, 3.05) is 6.54 Å². The molecule has 2 saturated heterocycles. The van der Waals surface area contributed by atoms with Gasteiger partial charge in [0.2, 0.25) is 0 Å². The molecule has 2 aliphatic heterocycles. The van der Waals surface area contributed by atoms with Gasteiger partial charge < -0.3 is 4.90 Å². The number of rotatable bonds is 4. The number of nitrogens with one attached hydrogen (secondary N) is 1. The Bertz CT molecular complexity index is 491. The van der Waals surface area contributed by atoms with E-state index in [9.17, 15) is 9.59 Å². The van der Waals surface area contributed by atoms with Crippen LogP contribution in [0.25, 0.3) is 0 Å². The summed E-state index contributed by atoms with van der Waals surface area (Å²) in [4.78, 5) is 31.7. The van der Waals surface area contributed by atoms with E-state index in [-0.39, 0.29) is 24.1 Å². The summed E-state index contributed by atoms with van der Waals surface area (Å²) in [5.41, 5.74) is 2.60. The smallest absolute Gasteiger partial charge is 0.309 e. The zero-order chi connectivity index (χ0) is 15.3. The lowest BCUT2D eigenvalue weighted by Crippen LogP contribution is -2.50. The zero-order valence-electron chi connectivity index (χ0n) is 12.3. The Labute approximate surface area is 134 Å². The average Bonchev–Trinajstić information content (AvgIpc) is 3.20. The lowest BCUT2D eigenvalue weighted by molar-refractivity contribution is -0.146. The van der Waals surface area contributed by atoms with E-state index in [0.29, 0.717) is 18.9 Å². The first-order valence-electron chi connectivity index (χ1n) is 8.04. The highest BCUT2D eigenvalue weighted by molar-refractivity contribution is 7.75. The van der Waals surface area contributed by atoms with Crippen molar-refractivity contribution in [3.05, 3.63) is 0 Å². The maximum Gasteiger partial charge on any atom is 0.345 e. The third-order valence-electron chi connectivity index (χ3n) is 5.70. The largest absolute Gasteiger partial charge is 0.345 e. The first kappa shape index (κ1) is 14.6. The second-order valence-corrected chi connectivity index (χ2v) is 7.05. The molecule has 1 N–H and O–H groups in total. The first-order valence-corrected chi connectivity index (χ1v) is 8.40. The van der Waals surface area contributed by atoms with Crippen molar-refractivity contribution in [1.82, 2.24) is 15.4 Å². The van der Waals surface area contributed by atoms with Gasteiger partial charge in [-0.25, -0.2) is 14.6 Å². The standard InChI is InChI=1S/C14H21N3O4S/c18-13(15-20-12-6-8-1-2-9(12)5-8)11-4-3-10-7-16(11)14(19)17(10)21-22/h8-12,22H,1-7H2,(H,15,18)/t8?,9?,10-,11+,12?/m1/s1. The normalized spacial score (nSPS) is 39.7. The Kier molecular flexibility index (Phi) is 3.70. The van der Waals surface area contributed by atoms with Crippen molar-refractivity contribution in [3.63, 3.8) is 0 Å². The Morgan fingerprint density at radius 1 is 1.23 bits per heavy atom. The molecule has 0 radical (unpaired) electrons. The van der Waals surface area contributed by atoms with Gasteiger partial charge in [-0.3, -0.25) is 9.63 Å². The molecular formula is C14H21N3O4S. The van der Waals surface area contributed by atoms with Crippen LogP contribution in [0.2, 0.25) is 0 Å². The van der Waals surface area contributed by atoms with Crippen molar-refractivity contribution >= 4 is 24.8 Å². The predicted octanol–water partition coefficient (Wildman–Crippen LogP) is 1.27. The summed E-state index contributed by atoms with van der Waals surface area (Å²) in [5, 5.41) is 1.24. The molecule has 22 heavy (non-hydrogen) atoms. The zero-order valence-corrected chi connectivity index (χ0v) is 13.2. The molecule has 2 aliphatic carbocycles. The minimum atomic E-state index is -0.476. The van der Waals surface area contributed by atoms with Gasteiger partial charge in [-0.05, 0) is 50.4 Å². The summed E-state index contributed by atoms with van der Waals surface area (Å²) in [6, 6.07) is -0.783. The summed E-state index contributed by atoms with van der Waals surface area (Å²) in [7, 11) is 0. The highest BCUT2D eigenvalue weighted by Crippen LogP contribution is 2.45. The number of fused-ring (bicyclic) bond motifs is 4. The van der Waals surface area contributed by atoms with Gasteiger partial charge in [0.15, 0.2) is 0 Å². The molecular weight excluding hydrogens is 306 g/mol. The minimum absolute atomic E-state index is 0.0134. The van der Waals surface area contributed by atoms with Gasteiger partial charge in [-0.1, -0.05) is 0 Å². The van der Waals surface area contributed by atoms with Gasteiger partial charge in [0.1, 0.15) is 6.04 Å². The van der Waals surface area contributed by atoms with Crippen LogP contribution in [-0.2, 0) is 13.9 Å². The molecule has 122 valence electrons. The van der Waals surface area contributed by atoms with Crippen LogP contribution in [0.5, 0.6) is 0 Å². The predicted molar refractivity (Wildman–Crippen MR) is 79.3 cm³/mol. The number of carbonyl (C=O) groups excluding carboxylic acids is 2. The Morgan fingerprint density at radius 2 is 2.09 bits per heavy atom. The van der Waals surface area contributed by atoms with E-state index >= 15 is 0 Å². The summed E-state index contributed by atoms with van der Waals surface area (Å²) in [6.45, 7) is 0.506. The molecule has 4 bridgehead atoms. The molecule has 0 aromatic heterocycles. The number of amides is 3. The monoisotopic (exact) mass is 327 g/mol. The number of hydroxylamine groups is 3. The second-order valence-electron chi connectivity index (χ2n) is 6.89. The second kappa shape index (κ2) is 5.58. The molecule has 8 heteroatoms. The number of hydrogen-bond acceptors (Lipinski definition) is 5. The van der Waals surface area contributed by atoms with Gasteiger partial charge >= 0.3 is 6.03 Å². The molecule has 2 saturated carbocycles. The van der Waals surface area contributed by atoms with Crippen LogP contribution in [0.15, 0.2) is 0 Å². The van der Waals surface area contributed by atoms with E-state index in [4.69, 9.17) is 9.12 Å². The maximum atomic E-state index is 12.4. The van der Waals surface area contributed by atoms with E-state index in [1.807, 2.05) is 0 Å². The topological polar surface area (TPSA) is 71.1 Å². The van der Waals surface area contributed by atoms with Gasteiger partial charge in [-0.15, -0.1) is 0 Å². The Balaban J connectivity index is 1.34. The van der Waals surface area contributed by atoms with Crippen molar-refractivity contribution in [1.29, 1.82) is 0 Å². The van der Waals surface area contributed by atoms with E-state index in [1.165, 1.54) is 24.3 Å². The van der Waals surface area contributed by atoms with Crippen molar-refractivity contribution in [3.8, 4) is 0 Å². The van der Waals surface area contributed by atoms with Gasteiger partial charge in [-0.2, -0.15) is 5.06 Å². The van der Waals surface area contributed by atoms with E-state index in [1.54, 1.807) is 4.90 Å². The SMILES string of the molecule is O=C(NOC1CC2CCC1C2)[C@@H]1CC[C@@H]2CN1C(=O)N2OS. The summed E-state index contributed by atoms with van der Waals surface area (Å²) in [5.74, 6) is 1.13. The van der Waals surface area contributed by atoms with Gasteiger partial charge in [0.25, 0.3) is 5.91 Å². The third-order valence-corrected chi connectivity index (χ3v) is 5.87. The fraction of sp³-hybridized carbons (Fsp3) is 0.857. The molecule has 2 heterocycles. The Morgan fingerprint density at radius 3 is 2.77 bits per heavy atom.